The lowest BCUT2D eigenvalue weighted by Gasteiger charge is -2.15. The van der Waals surface area contributed by atoms with Crippen molar-refractivity contribution in [3.05, 3.63) is 119 Å². The van der Waals surface area contributed by atoms with E-state index in [-0.39, 0.29) is 10.6 Å². The van der Waals surface area contributed by atoms with Crippen LogP contribution in [0.1, 0.15) is 0 Å². The molecule has 4 nitrogen and oxygen atoms in total. The Morgan fingerprint density at radius 2 is 1.24 bits per heavy atom. The molecule has 0 N–H and O–H groups in total. The van der Waals surface area contributed by atoms with E-state index in [0.29, 0.717) is 5.56 Å². The van der Waals surface area contributed by atoms with Crippen molar-refractivity contribution in [2.75, 3.05) is 0 Å². The lowest BCUT2D eigenvalue weighted by molar-refractivity contribution is -0.384. The van der Waals surface area contributed by atoms with Gasteiger partial charge in [-0.1, -0.05) is 91.0 Å². The summed E-state index contributed by atoms with van der Waals surface area (Å²) in [4.78, 5) is 12.0. The summed E-state index contributed by atoms with van der Waals surface area (Å²) in [6.07, 6.45) is 0. The number of nitro groups is 1. The minimum Gasteiger partial charge on any atom is -0.308 e. The first kappa shape index (κ1) is 18.8. The van der Waals surface area contributed by atoms with E-state index in [9.17, 15) is 10.1 Å². The average Bonchev–Trinajstić information content (AvgIpc) is 3.16. The van der Waals surface area contributed by atoms with Gasteiger partial charge >= 0.3 is 0 Å². The smallest absolute Gasteiger partial charge is 0.277 e. The largest absolute Gasteiger partial charge is 0.308 e. The van der Waals surface area contributed by atoms with Crippen LogP contribution in [0.25, 0.3) is 60.9 Å². The third-order valence-electron chi connectivity index (χ3n) is 6.84. The Hall–Kier alpha value is -4.70. The predicted octanol–water partition coefficient (Wildman–Crippen LogP) is 8.01. The normalized spacial score (nSPS) is 11.8. The van der Waals surface area contributed by atoms with E-state index in [1.54, 1.807) is 6.07 Å². The second-order valence-electron chi connectivity index (χ2n) is 8.61. The van der Waals surface area contributed by atoms with Crippen molar-refractivity contribution in [2.45, 2.75) is 0 Å². The zero-order valence-corrected chi connectivity index (χ0v) is 18.1. The lowest BCUT2D eigenvalue weighted by atomic mass is 9.91. The van der Waals surface area contributed by atoms with E-state index in [2.05, 4.69) is 53.1 Å². The first-order valence-electron chi connectivity index (χ1n) is 11.2. The highest BCUT2D eigenvalue weighted by Gasteiger charge is 2.28. The number of fused-ring (bicyclic) bond motifs is 8. The molecule has 1 aliphatic rings. The Kier molecular flexibility index (Phi) is 3.82. The molecule has 0 saturated carbocycles. The number of para-hydroxylation sites is 2. The number of nitro benzene ring substituents is 1. The van der Waals surface area contributed by atoms with Crippen molar-refractivity contribution in [3.63, 3.8) is 0 Å². The minimum atomic E-state index is -0.271. The molecule has 1 aromatic heterocycles. The Balaban J connectivity index is 1.73. The fourth-order valence-corrected chi connectivity index (χ4v) is 5.42. The molecule has 0 unspecified atom stereocenters. The van der Waals surface area contributed by atoms with E-state index >= 15 is 0 Å². The summed E-state index contributed by atoms with van der Waals surface area (Å²) in [7, 11) is 0. The number of hydrogen-bond acceptors (Lipinski definition) is 2. The molecular weight excluding hydrogens is 420 g/mol. The van der Waals surface area contributed by atoms with E-state index in [1.165, 1.54) is 10.8 Å². The number of benzene rings is 5. The van der Waals surface area contributed by atoms with E-state index in [0.717, 1.165) is 44.5 Å². The number of rotatable bonds is 2. The maximum atomic E-state index is 12.2. The highest BCUT2D eigenvalue weighted by Crippen LogP contribution is 2.48. The van der Waals surface area contributed by atoms with Gasteiger partial charge in [-0.3, -0.25) is 10.1 Å². The van der Waals surface area contributed by atoms with E-state index < -0.39 is 0 Å². The SMILES string of the molecule is O=[N+]([O-])c1cc2c(cc1-c1ccccc1)-n1c3ccccc3c3cccc(c31)-c1ccccc1-2. The highest BCUT2D eigenvalue weighted by atomic mass is 16.6. The van der Waals surface area contributed by atoms with Gasteiger partial charge in [-0.2, -0.15) is 0 Å². The van der Waals surface area contributed by atoms with Crippen molar-refractivity contribution >= 4 is 27.5 Å². The molecule has 34 heavy (non-hydrogen) atoms. The Morgan fingerprint density at radius 3 is 2.03 bits per heavy atom. The molecule has 1 aliphatic heterocycles. The fraction of sp³-hybridized carbons (Fsp3) is 0. The third kappa shape index (κ3) is 2.48. The molecule has 160 valence electrons. The zero-order chi connectivity index (χ0) is 22.8. The van der Waals surface area contributed by atoms with Crippen LogP contribution in [0.5, 0.6) is 0 Å². The van der Waals surface area contributed by atoms with E-state index in [4.69, 9.17) is 0 Å². The Bertz CT molecular complexity index is 1780. The molecular formula is C30H18N2O2. The van der Waals surface area contributed by atoms with Crippen molar-refractivity contribution < 1.29 is 4.92 Å². The van der Waals surface area contributed by atoms with Gasteiger partial charge in [0, 0.05) is 28.0 Å². The van der Waals surface area contributed by atoms with Gasteiger partial charge in [0.2, 0.25) is 0 Å². The van der Waals surface area contributed by atoms with Crippen LogP contribution in [-0.2, 0) is 0 Å². The van der Waals surface area contributed by atoms with Crippen LogP contribution in [0.2, 0.25) is 0 Å². The minimum absolute atomic E-state index is 0.110. The van der Waals surface area contributed by atoms with Crippen LogP contribution in [0.4, 0.5) is 5.69 Å². The topological polar surface area (TPSA) is 48.1 Å². The average molecular weight is 438 g/mol. The summed E-state index contributed by atoms with van der Waals surface area (Å²) in [5.41, 5.74) is 8.80. The molecule has 0 spiro atoms. The Morgan fingerprint density at radius 1 is 0.588 bits per heavy atom. The lowest BCUT2D eigenvalue weighted by Crippen LogP contribution is -2.00. The maximum Gasteiger partial charge on any atom is 0.277 e. The van der Waals surface area contributed by atoms with Crippen LogP contribution >= 0.6 is 0 Å². The monoisotopic (exact) mass is 438 g/mol. The predicted molar refractivity (Wildman–Crippen MR) is 137 cm³/mol. The van der Waals surface area contributed by atoms with Gasteiger partial charge in [-0.25, -0.2) is 0 Å². The molecule has 0 bridgehead atoms. The van der Waals surface area contributed by atoms with Crippen molar-refractivity contribution in [1.82, 2.24) is 4.57 Å². The van der Waals surface area contributed by atoms with Gasteiger partial charge in [0.1, 0.15) is 0 Å². The molecule has 0 amide bonds. The second kappa shape index (κ2) is 6.90. The molecule has 0 fully saturated rings. The molecule has 5 aromatic carbocycles. The zero-order valence-electron chi connectivity index (χ0n) is 18.1. The van der Waals surface area contributed by atoms with Crippen molar-refractivity contribution in [1.29, 1.82) is 0 Å². The van der Waals surface area contributed by atoms with Crippen LogP contribution in [0.15, 0.2) is 109 Å². The molecule has 0 radical (unpaired) electrons. The second-order valence-corrected chi connectivity index (χ2v) is 8.61. The summed E-state index contributed by atoms with van der Waals surface area (Å²) in [6, 6.07) is 36.3. The number of aromatic nitrogens is 1. The van der Waals surface area contributed by atoms with Crippen molar-refractivity contribution in [3.8, 4) is 39.1 Å². The third-order valence-corrected chi connectivity index (χ3v) is 6.84. The van der Waals surface area contributed by atoms with Gasteiger partial charge in [0.25, 0.3) is 5.69 Å². The van der Waals surface area contributed by atoms with Crippen LogP contribution < -0.4 is 0 Å². The van der Waals surface area contributed by atoms with Crippen LogP contribution in [0.3, 0.4) is 0 Å². The Labute approximate surface area is 195 Å². The summed E-state index contributed by atoms with van der Waals surface area (Å²) in [5.74, 6) is 0. The standard InChI is InChI=1S/C30H18N2O2/c33-32(34)29-18-26-21-12-5-4-11-20(21)23-14-8-15-24-22-13-6-7-16-27(22)31(30(23)24)28(26)17-25(29)19-9-2-1-3-10-19/h1-18H. The summed E-state index contributed by atoms with van der Waals surface area (Å²) in [6.45, 7) is 0. The van der Waals surface area contributed by atoms with Gasteiger partial charge in [0.05, 0.1) is 27.2 Å². The molecule has 7 rings (SSSR count). The first-order valence-corrected chi connectivity index (χ1v) is 11.2. The highest BCUT2D eigenvalue weighted by molar-refractivity contribution is 6.16. The summed E-state index contributed by atoms with van der Waals surface area (Å²) < 4.78 is 2.28. The van der Waals surface area contributed by atoms with Gasteiger partial charge in [0.15, 0.2) is 0 Å². The maximum absolute atomic E-state index is 12.2. The van der Waals surface area contributed by atoms with E-state index in [1.807, 2.05) is 54.6 Å². The summed E-state index contributed by atoms with van der Waals surface area (Å²) in [5, 5.41) is 14.6. The van der Waals surface area contributed by atoms with Crippen LogP contribution in [-0.4, -0.2) is 9.49 Å². The molecule has 0 atom stereocenters. The first-order chi connectivity index (χ1) is 16.7. The molecule has 0 aliphatic carbocycles. The fourth-order valence-electron chi connectivity index (χ4n) is 5.42. The number of nitrogens with zero attached hydrogens (tertiary/aromatic N) is 2. The van der Waals surface area contributed by atoms with Gasteiger partial charge in [-0.15, -0.1) is 0 Å². The molecule has 0 saturated heterocycles. The van der Waals surface area contributed by atoms with Gasteiger partial charge < -0.3 is 4.57 Å². The molecule has 4 heteroatoms. The van der Waals surface area contributed by atoms with Crippen LogP contribution in [0, 0.1) is 10.1 Å². The molecule has 2 heterocycles. The summed E-state index contributed by atoms with van der Waals surface area (Å²) >= 11 is 0. The quantitative estimate of drug-likeness (QED) is 0.203. The van der Waals surface area contributed by atoms with Crippen molar-refractivity contribution in [2.24, 2.45) is 0 Å². The number of hydrogen-bond donors (Lipinski definition) is 0. The van der Waals surface area contributed by atoms with Gasteiger partial charge in [-0.05, 0) is 28.8 Å². The molecule has 6 aromatic rings.